The van der Waals surface area contributed by atoms with E-state index < -0.39 is 35.8 Å². The third kappa shape index (κ3) is 2.38. The van der Waals surface area contributed by atoms with Gasteiger partial charge in [-0.3, -0.25) is 0 Å². The van der Waals surface area contributed by atoms with Crippen molar-refractivity contribution in [1.29, 1.82) is 0 Å². The maximum Gasteiger partial charge on any atom is 0.420 e. The Balaban J connectivity index is 3.38. The van der Waals surface area contributed by atoms with Crippen LogP contribution in [-0.2, 0) is 6.18 Å². The molecule has 16 heavy (non-hydrogen) atoms. The van der Waals surface area contributed by atoms with Crippen LogP contribution >= 0.6 is 0 Å². The van der Waals surface area contributed by atoms with E-state index in [-0.39, 0.29) is 5.56 Å². The number of phenolic OH excluding ortho intramolecular Hbond substituents is 2. The highest BCUT2D eigenvalue weighted by molar-refractivity contribution is 5.48. The molecule has 1 rings (SSSR count). The van der Waals surface area contributed by atoms with Gasteiger partial charge in [0, 0.05) is 18.1 Å². The molecule has 0 amide bonds. The van der Waals surface area contributed by atoms with Crippen LogP contribution in [0.15, 0.2) is 12.1 Å². The Morgan fingerprint density at radius 3 is 2.25 bits per heavy atom. The van der Waals surface area contributed by atoms with Crippen molar-refractivity contribution in [2.45, 2.75) is 19.0 Å². The number of benzene rings is 1. The normalized spacial score (nSPS) is 13.8. The summed E-state index contributed by atoms with van der Waals surface area (Å²) >= 11 is 0. The van der Waals surface area contributed by atoms with Crippen LogP contribution in [0, 0.1) is 0 Å². The molecule has 90 valence electrons. The summed E-state index contributed by atoms with van der Waals surface area (Å²) in [4.78, 5) is 0. The molecule has 1 unspecified atom stereocenters. The number of hydrogen-bond donors (Lipinski definition) is 3. The van der Waals surface area contributed by atoms with E-state index in [2.05, 4.69) is 0 Å². The second-order valence-corrected chi connectivity index (χ2v) is 3.51. The van der Waals surface area contributed by atoms with Crippen molar-refractivity contribution in [3.63, 3.8) is 0 Å². The Kier molecular flexibility index (Phi) is 3.32. The van der Waals surface area contributed by atoms with Crippen LogP contribution < -0.4 is 0 Å². The van der Waals surface area contributed by atoms with Crippen LogP contribution in [-0.4, -0.2) is 21.9 Å². The Morgan fingerprint density at radius 2 is 1.81 bits per heavy atom. The molecule has 0 aliphatic rings. The lowest BCUT2D eigenvalue weighted by Crippen LogP contribution is -2.08. The first kappa shape index (κ1) is 12.6. The van der Waals surface area contributed by atoms with Gasteiger partial charge in [0.05, 0.1) is 0 Å². The first-order valence-corrected chi connectivity index (χ1v) is 4.51. The van der Waals surface area contributed by atoms with Gasteiger partial charge in [-0.1, -0.05) is 6.92 Å². The van der Waals surface area contributed by atoms with Crippen molar-refractivity contribution in [2.24, 2.45) is 0 Å². The van der Waals surface area contributed by atoms with E-state index in [0.29, 0.717) is 6.07 Å². The summed E-state index contributed by atoms with van der Waals surface area (Å²) in [7, 11) is 0. The summed E-state index contributed by atoms with van der Waals surface area (Å²) < 4.78 is 37.3. The fourth-order valence-corrected chi connectivity index (χ4v) is 1.33. The third-order valence-corrected chi connectivity index (χ3v) is 2.23. The molecule has 0 saturated heterocycles. The molecule has 0 aliphatic carbocycles. The van der Waals surface area contributed by atoms with Gasteiger partial charge in [-0.15, -0.1) is 0 Å². The molecular weight excluding hydrogens is 225 g/mol. The number of phenols is 2. The van der Waals surface area contributed by atoms with Crippen LogP contribution in [0.4, 0.5) is 13.2 Å². The van der Waals surface area contributed by atoms with Gasteiger partial charge in [-0.05, 0) is 12.1 Å². The molecule has 0 aromatic heterocycles. The highest BCUT2D eigenvalue weighted by Crippen LogP contribution is 2.41. The molecule has 0 spiro atoms. The fourth-order valence-electron chi connectivity index (χ4n) is 1.33. The van der Waals surface area contributed by atoms with E-state index in [1.54, 1.807) is 0 Å². The smallest absolute Gasteiger partial charge is 0.420 e. The molecule has 1 aromatic carbocycles. The largest absolute Gasteiger partial charge is 0.508 e. The van der Waals surface area contributed by atoms with Gasteiger partial charge in [0.1, 0.15) is 17.1 Å². The molecule has 0 heterocycles. The monoisotopic (exact) mass is 236 g/mol. The van der Waals surface area contributed by atoms with E-state index in [4.69, 9.17) is 10.2 Å². The Bertz CT molecular complexity index is 388. The van der Waals surface area contributed by atoms with Crippen molar-refractivity contribution in [3.8, 4) is 11.5 Å². The number of hydrogen-bond acceptors (Lipinski definition) is 3. The van der Waals surface area contributed by atoms with E-state index in [1.165, 1.54) is 6.92 Å². The molecule has 0 aliphatic heterocycles. The minimum absolute atomic E-state index is 0.130. The van der Waals surface area contributed by atoms with Gasteiger partial charge in [0.25, 0.3) is 0 Å². The minimum atomic E-state index is -4.74. The Hall–Kier alpha value is -1.43. The van der Waals surface area contributed by atoms with Crippen LogP contribution in [0.5, 0.6) is 11.5 Å². The molecule has 1 atom stereocenters. The fraction of sp³-hybridized carbons (Fsp3) is 0.400. The molecule has 1 aromatic rings. The first-order valence-electron chi connectivity index (χ1n) is 4.51. The zero-order chi connectivity index (χ0) is 12.5. The summed E-state index contributed by atoms with van der Waals surface area (Å²) in [6.45, 7) is 1.02. The lowest BCUT2D eigenvalue weighted by molar-refractivity contribution is -0.139. The summed E-state index contributed by atoms with van der Waals surface area (Å²) in [5.74, 6) is -2.24. The molecule has 3 nitrogen and oxygen atoms in total. The topological polar surface area (TPSA) is 60.7 Å². The number of rotatable bonds is 2. The van der Waals surface area contributed by atoms with Crippen LogP contribution in [0.3, 0.4) is 0 Å². The average molecular weight is 236 g/mol. The zero-order valence-corrected chi connectivity index (χ0v) is 8.41. The molecular formula is C10H11F3O3. The van der Waals surface area contributed by atoms with Crippen molar-refractivity contribution >= 4 is 0 Å². The predicted octanol–water partition coefficient (Wildman–Crippen LogP) is 2.21. The number of halogens is 3. The van der Waals surface area contributed by atoms with E-state index in [1.807, 2.05) is 0 Å². The molecule has 0 fully saturated rings. The van der Waals surface area contributed by atoms with E-state index in [9.17, 15) is 18.3 Å². The highest BCUT2D eigenvalue weighted by Gasteiger charge is 2.36. The van der Waals surface area contributed by atoms with E-state index in [0.717, 1.165) is 6.07 Å². The van der Waals surface area contributed by atoms with Crippen LogP contribution in [0.1, 0.15) is 24.0 Å². The summed E-state index contributed by atoms with van der Waals surface area (Å²) in [5, 5.41) is 27.4. The molecule has 0 bridgehead atoms. The Labute approximate surface area is 89.8 Å². The van der Waals surface area contributed by atoms with Crippen LogP contribution in [0.2, 0.25) is 0 Å². The lowest BCUT2D eigenvalue weighted by atomic mass is 9.97. The minimum Gasteiger partial charge on any atom is -0.508 e. The van der Waals surface area contributed by atoms with Crippen molar-refractivity contribution < 1.29 is 28.5 Å². The molecule has 0 saturated carbocycles. The van der Waals surface area contributed by atoms with Crippen molar-refractivity contribution in [1.82, 2.24) is 0 Å². The SMILES string of the molecule is CC(CO)c1cc(O)cc(C(F)(F)F)c1O. The summed E-state index contributed by atoms with van der Waals surface area (Å²) in [6.07, 6.45) is -4.74. The second kappa shape index (κ2) is 4.21. The summed E-state index contributed by atoms with van der Waals surface area (Å²) in [6, 6.07) is 1.45. The number of aromatic hydroxyl groups is 2. The predicted molar refractivity (Wildman–Crippen MR) is 50.3 cm³/mol. The van der Waals surface area contributed by atoms with Crippen LogP contribution in [0.25, 0.3) is 0 Å². The van der Waals surface area contributed by atoms with Gasteiger partial charge < -0.3 is 15.3 Å². The first-order chi connectivity index (χ1) is 7.27. The van der Waals surface area contributed by atoms with Gasteiger partial charge in [0.15, 0.2) is 0 Å². The highest BCUT2D eigenvalue weighted by atomic mass is 19.4. The standard InChI is InChI=1S/C10H11F3O3/c1-5(4-14)7-2-6(15)3-8(9(7)16)10(11,12)13/h2-3,5,14-16H,4H2,1H3. The van der Waals surface area contributed by atoms with Crippen molar-refractivity contribution in [3.05, 3.63) is 23.3 Å². The second-order valence-electron chi connectivity index (χ2n) is 3.51. The van der Waals surface area contributed by atoms with Gasteiger partial charge >= 0.3 is 6.18 Å². The van der Waals surface area contributed by atoms with Crippen molar-refractivity contribution in [2.75, 3.05) is 6.61 Å². The Morgan fingerprint density at radius 1 is 1.25 bits per heavy atom. The maximum absolute atomic E-state index is 12.4. The molecule has 3 N–H and O–H groups in total. The van der Waals surface area contributed by atoms with Gasteiger partial charge in [-0.25, -0.2) is 0 Å². The lowest BCUT2D eigenvalue weighted by Gasteiger charge is -2.16. The number of alkyl halides is 3. The van der Waals surface area contributed by atoms with Gasteiger partial charge in [-0.2, -0.15) is 13.2 Å². The molecule has 0 radical (unpaired) electrons. The number of aliphatic hydroxyl groups is 1. The zero-order valence-electron chi connectivity index (χ0n) is 8.41. The number of aliphatic hydroxyl groups excluding tert-OH is 1. The molecule has 6 heteroatoms. The quantitative estimate of drug-likeness (QED) is 0.690. The third-order valence-electron chi connectivity index (χ3n) is 2.23. The maximum atomic E-state index is 12.4. The average Bonchev–Trinajstić information content (AvgIpc) is 2.18. The van der Waals surface area contributed by atoms with Gasteiger partial charge in [0.2, 0.25) is 0 Å². The summed E-state index contributed by atoms with van der Waals surface area (Å²) in [5.41, 5.74) is -1.43. The van der Waals surface area contributed by atoms with E-state index >= 15 is 0 Å².